The van der Waals surface area contributed by atoms with Crippen LogP contribution in [-0.4, -0.2) is 34.0 Å². The van der Waals surface area contributed by atoms with Crippen molar-refractivity contribution < 1.29 is 33.0 Å². The maximum Gasteiger partial charge on any atom is 0.416 e. The maximum atomic E-state index is 12.8. The molecular weight excluding hydrogens is 349 g/mol. The van der Waals surface area contributed by atoms with Crippen LogP contribution in [0.15, 0.2) is 54.6 Å². The number of alkyl halides is 3. The number of halogens is 3. The molecule has 1 saturated carbocycles. The standard InChI is InChI=1S/C19H15F3O4/c20-19(21,22)12-8-6-11(7-9-12)15(23)14-13(10-4-2-1-3-5-10)16(24)18(26)17(14)25/h1-9,13-14,16-17,24-25H. The van der Waals surface area contributed by atoms with Crippen molar-refractivity contribution in [2.75, 3.05) is 0 Å². The number of hydrogen-bond donors (Lipinski definition) is 2. The highest BCUT2D eigenvalue weighted by Crippen LogP contribution is 2.40. The van der Waals surface area contributed by atoms with Crippen LogP contribution >= 0.6 is 0 Å². The topological polar surface area (TPSA) is 74.6 Å². The molecule has 0 amide bonds. The van der Waals surface area contributed by atoms with E-state index >= 15 is 0 Å². The zero-order valence-corrected chi connectivity index (χ0v) is 13.4. The van der Waals surface area contributed by atoms with E-state index in [0.29, 0.717) is 5.56 Å². The minimum Gasteiger partial charge on any atom is -0.385 e. The molecule has 0 aromatic heterocycles. The Hall–Kier alpha value is -2.51. The molecule has 4 atom stereocenters. The number of rotatable bonds is 3. The number of aliphatic hydroxyl groups excluding tert-OH is 2. The Labute approximate surface area is 146 Å². The smallest absolute Gasteiger partial charge is 0.385 e. The van der Waals surface area contributed by atoms with Gasteiger partial charge in [-0.2, -0.15) is 13.2 Å². The molecule has 2 N–H and O–H groups in total. The van der Waals surface area contributed by atoms with Crippen molar-refractivity contribution in [2.24, 2.45) is 5.92 Å². The Morgan fingerprint density at radius 2 is 1.46 bits per heavy atom. The van der Waals surface area contributed by atoms with Gasteiger partial charge in [0, 0.05) is 11.5 Å². The van der Waals surface area contributed by atoms with Gasteiger partial charge in [0.2, 0.25) is 0 Å². The van der Waals surface area contributed by atoms with Gasteiger partial charge < -0.3 is 10.2 Å². The normalized spacial score (nSPS) is 26.1. The van der Waals surface area contributed by atoms with E-state index in [4.69, 9.17) is 0 Å². The average molecular weight is 364 g/mol. The maximum absolute atomic E-state index is 12.8. The predicted molar refractivity (Wildman–Crippen MR) is 85.5 cm³/mol. The van der Waals surface area contributed by atoms with Crippen LogP contribution in [0.2, 0.25) is 0 Å². The molecule has 3 rings (SSSR count). The van der Waals surface area contributed by atoms with E-state index in [1.807, 2.05) is 0 Å². The molecule has 0 bridgehead atoms. The van der Waals surface area contributed by atoms with Crippen LogP contribution in [-0.2, 0) is 11.0 Å². The van der Waals surface area contributed by atoms with Crippen LogP contribution in [0.3, 0.4) is 0 Å². The Bertz CT molecular complexity index is 815. The van der Waals surface area contributed by atoms with Gasteiger partial charge in [-0.3, -0.25) is 9.59 Å². The fourth-order valence-electron chi connectivity index (χ4n) is 3.31. The fraction of sp³-hybridized carbons (Fsp3) is 0.263. The molecule has 0 heterocycles. The first kappa shape index (κ1) is 18.3. The van der Waals surface area contributed by atoms with Gasteiger partial charge in [-0.25, -0.2) is 0 Å². The van der Waals surface area contributed by atoms with Crippen molar-refractivity contribution in [3.05, 3.63) is 71.3 Å². The Morgan fingerprint density at radius 3 is 2.00 bits per heavy atom. The van der Waals surface area contributed by atoms with E-state index in [1.165, 1.54) is 0 Å². The third kappa shape index (κ3) is 3.15. The van der Waals surface area contributed by atoms with Gasteiger partial charge in [-0.15, -0.1) is 0 Å². The quantitative estimate of drug-likeness (QED) is 0.821. The summed E-state index contributed by atoms with van der Waals surface area (Å²) in [5.41, 5.74) is -0.475. The second-order valence-corrected chi connectivity index (χ2v) is 6.19. The van der Waals surface area contributed by atoms with Gasteiger partial charge >= 0.3 is 6.18 Å². The summed E-state index contributed by atoms with van der Waals surface area (Å²) in [5.74, 6) is -3.79. The van der Waals surface area contributed by atoms with Crippen molar-refractivity contribution in [3.63, 3.8) is 0 Å². The number of hydrogen-bond acceptors (Lipinski definition) is 4. The highest BCUT2D eigenvalue weighted by molar-refractivity contribution is 6.05. The second kappa shape index (κ2) is 6.66. The molecule has 4 nitrogen and oxygen atoms in total. The SMILES string of the molecule is O=C1C(O)C(C(=O)c2ccc(C(F)(F)F)cc2)C(c2ccccc2)C1O. The molecular formula is C19H15F3O4. The molecule has 0 saturated heterocycles. The molecule has 1 aliphatic carbocycles. The number of Topliss-reactive ketones (excluding diaryl/α,β-unsaturated/α-hetero) is 2. The summed E-state index contributed by atoms with van der Waals surface area (Å²) in [5, 5.41) is 20.4. The molecule has 7 heteroatoms. The summed E-state index contributed by atoms with van der Waals surface area (Å²) in [7, 11) is 0. The third-order valence-electron chi connectivity index (χ3n) is 4.63. The number of ketones is 2. The van der Waals surface area contributed by atoms with Crippen LogP contribution in [0, 0.1) is 5.92 Å². The van der Waals surface area contributed by atoms with E-state index in [-0.39, 0.29) is 5.56 Å². The lowest BCUT2D eigenvalue weighted by Gasteiger charge is -2.22. The van der Waals surface area contributed by atoms with Crippen molar-refractivity contribution in [2.45, 2.75) is 24.3 Å². The molecule has 2 aromatic rings. The van der Waals surface area contributed by atoms with E-state index < -0.39 is 47.3 Å². The van der Waals surface area contributed by atoms with Crippen molar-refractivity contribution in [1.29, 1.82) is 0 Å². The first-order valence-electron chi connectivity index (χ1n) is 7.88. The van der Waals surface area contributed by atoms with Gasteiger partial charge in [-0.05, 0) is 17.7 Å². The molecule has 136 valence electrons. The summed E-state index contributed by atoms with van der Waals surface area (Å²) < 4.78 is 38.0. The van der Waals surface area contributed by atoms with Crippen LogP contribution in [0.25, 0.3) is 0 Å². The zero-order valence-electron chi connectivity index (χ0n) is 13.4. The van der Waals surface area contributed by atoms with Gasteiger partial charge in [0.05, 0.1) is 11.5 Å². The molecule has 0 aliphatic heterocycles. The van der Waals surface area contributed by atoms with Crippen molar-refractivity contribution in [3.8, 4) is 0 Å². The number of aliphatic hydroxyl groups is 2. The number of carbonyl (C=O) groups is 2. The number of carbonyl (C=O) groups excluding carboxylic acids is 2. The van der Waals surface area contributed by atoms with Crippen LogP contribution in [0.5, 0.6) is 0 Å². The average Bonchev–Trinajstić information content (AvgIpc) is 2.85. The van der Waals surface area contributed by atoms with E-state index in [2.05, 4.69) is 0 Å². The Morgan fingerprint density at radius 1 is 0.885 bits per heavy atom. The van der Waals surface area contributed by atoms with Crippen molar-refractivity contribution >= 4 is 11.6 Å². The minimum absolute atomic E-state index is 0.0649. The predicted octanol–water partition coefficient (Wildman–Crippen LogP) is 2.59. The zero-order chi connectivity index (χ0) is 19.1. The first-order valence-corrected chi connectivity index (χ1v) is 7.88. The van der Waals surface area contributed by atoms with E-state index in [0.717, 1.165) is 24.3 Å². The highest BCUT2D eigenvalue weighted by atomic mass is 19.4. The minimum atomic E-state index is -4.53. The Balaban J connectivity index is 1.97. The summed E-state index contributed by atoms with van der Waals surface area (Å²) in [4.78, 5) is 24.8. The lowest BCUT2D eigenvalue weighted by Crippen LogP contribution is -2.30. The third-order valence-corrected chi connectivity index (χ3v) is 4.63. The lowest BCUT2D eigenvalue weighted by molar-refractivity contribution is -0.137. The first-order chi connectivity index (χ1) is 12.2. The highest BCUT2D eigenvalue weighted by Gasteiger charge is 2.52. The summed E-state index contributed by atoms with van der Waals surface area (Å²) in [6.07, 6.45) is -7.81. The summed E-state index contributed by atoms with van der Waals surface area (Å²) in [6, 6.07) is 11.8. The monoisotopic (exact) mass is 364 g/mol. The second-order valence-electron chi connectivity index (χ2n) is 6.19. The molecule has 1 fully saturated rings. The van der Waals surface area contributed by atoms with Gasteiger partial charge in [0.15, 0.2) is 11.6 Å². The molecule has 4 unspecified atom stereocenters. The van der Waals surface area contributed by atoms with Crippen LogP contribution < -0.4 is 0 Å². The molecule has 0 spiro atoms. The van der Waals surface area contributed by atoms with Gasteiger partial charge in [-0.1, -0.05) is 42.5 Å². The largest absolute Gasteiger partial charge is 0.416 e. The fourth-order valence-corrected chi connectivity index (χ4v) is 3.31. The van der Waals surface area contributed by atoms with Gasteiger partial charge in [0.1, 0.15) is 12.2 Å². The van der Waals surface area contributed by atoms with Crippen molar-refractivity contribution in [1.82, 2.24) is 0 Å². The molecule has 2 aromatic carbocycles. The lowest BCUT2D eigenvalue weighted by atomic mass is 9.82. The summed E-state index contributed by atoms with van der Waals surface area (Å²) >= 11 is 0. The Kier molecular flexibility index (Phi) is 4.68. The molecule has 26 heavy (non-hydrogen) atoms. The van der Waals surface area contributed by atoms with Gasteiger partial charge in [0.25, 0.3) is 0 Å². The number of benzene rings is 2. The van der Waals surface area contributed by atoms with Crippen LogP contribution in [0.4, 0.5) is 13.2 Å². The molecule has 1 aliphatic rings. The van der Waals surface area contributed by atoms with E-state index in [9.17, 15) is 33.0 Å². The summed E-state index contributed by atoms with van der Waals surface area (Å²) in [6.45, 7) is 0. The van der Waals surface area contributed by atoms with Crippen LogP contribution in [0.1, 0.15) is 27.4 Å². The van der Waals surface area contributed by atoms with E-state index in [1.54, 1.807) is 30.3 Å². The molecule has 0 radical (unpaired) electrons.